The van der Waals surface area contributed by atoms with Crippen LogP contribution in [0.4, 0.5) is 8.78 Å². The lowest BCUT2D eigenvalue weighted by Crippen LogP contribution is -2.31. The molecule has 0 amide bonds. The Morgan fingerprint density at radius 2 is 1.88 bits per heavy atom. The lowest BCUT2D eigenvalue weighted by atomic mass is 9.91. The molecule has 0 aliphatic carbocycles. The fourth-order valence-corrected chi connectivity index (χ4v) is 2.12. The molecule has 2 nitrogen and oxygen atoms in total. The lowest BCUT2D eigenvalue weighted by Gasteiger charge is -2.27. The lowest BCUT2D eigenvalue weighted by molar-refractivity contribution is -0.111. The summed E-state index contributed by atoms with van der Waals surface area (Å²) < 4.78 is 25.7. The van der Waals surface area contributed by atoms with Crippen molar-refractivity contribution in [2.24, 2.45) is 5.92 Å². The van der Waals surface area contributed by atoms with Gasteiger partial charge in [-0.15, -0.1) is 0 Å². The van der Waals surface area contributed by atoms with Crippen molar-refractivity contribution in [3.05, 3.63) is 35.4 Å². The quantitative estimate of drug-likeness (QED) is 0.839. The van der Waals surface area contributed by atoms with Crippen molar-refractivity contribution in [1.29, 1.82) is 0 Å². The van der Waals surface area contributed by atoms with E-state index in [1.807, 2.05) is 0 Å². The molecular formula is C12H15F2NO. The van der Waals surface area contributed by atoms with Crippen molar-refractivity contribution in [1.82, 2.24) is 5.06 Å². The summed E-state index contributed by atoms with van der Waals surface area (Å²) in [5, 5.41) is 10.5. The Morgan fingerprint density at radius 1 is 1.19 bits per heavy atom. The third-order valence-electron chi connectivity index (χ3n) is 3.10. The van der Waals surface area contributed by atoms with E-state index in [0.29, 0.717) is 19.0 Å². The molecule has 1 saturated heterocycles. The summed E-state index contributed by atoms with van der Waals surface area (Å²) in [4.78, 5) is 0. The minimum atomic E-state index is -0.797. The number of hydroxylamine groups is 2. The summed E-state index contributed by atoms with van der Waals surface area (Å²) in [7, 11) is 0. The van der Waals surface area contributed by atoms with Crippen LogP contribution in [-0.4, -0.2) is 23.4 Å². The molecule has 0 saturated carbocycles. The van der Waals surface area contributed by atoms with E-state index < -0.39 is 11.6 Å². The van der Waals surface area contributed by atoms with Crippen LogP contribution < -0.4 is 0 Å². The largest absolute Gasteiger partial charge is 0.314 e. The minimum Gasteiger partial charge on any atom is -0.314 e. The Bertz CT molecular complexity index is 362. The molecule has 0 aromatic heterocycles. The number of rotatable bonds is 2. The summed E-state index contributed by atoms with van der Waals surface area (Å²) in [5.41, 5.74) is 0.829. The Labute approximate surface area is 93.5 Å². The predicted molar refractivity (Wildman–Crippen MR) is 56.1 cm³/mol. The van der Waals surface area contributed by atoms with Crippen LogP contribution in [0, 0.1) is 17.6 Å². The molecule has 1 aromatic carbocycles. The molecule has 1 aliphatic rings. The van der Waals surface area contributed by atoms with Gasteiger partial charge in [0.05, 0.1) is 0 Å². The van der Waals surface area contributed by atoms with E-state index in [2.05, 4.69) is 0 Å². The Morgan fingerprint density at radius 3 is 2.50 bits per heavy atom. The first-order valence-corrected chi connectivity index (χ1v) is 5.53. The van der Waals surface area contributed by atoms with Gasteiger partial charge in [-0.25, -0.2) is 8.78 Å². The molecule has 1 aliphatic heterocycles. The van der Waals surface area contributed by atoms with Crippen molar-refractivity contribution in [3.63, 3.8) is 0 Å². The first-order valence-electron chi connectivity index (χ1n) is 5.53. The topological polar surface area (TPSA) is 23.5 Å². The van der Waals surface area contributed by atoms with Crippen LogP contribution in [0.3, 0.4) is 0 Å². The average Bonchev–Trinajstić information content (AvgIpc) is 2.27. The molecular weight excluding hydrogens is 212 g/mol. The number of halogens is 2. The minimum absolute atomic E-state index is 0.452. The highest BCUT2D eigenvalue weighted by atomic mass is 19.2. The fourth-order valence-electron chi connectivity index (χ4n) is 2.12. The number of benzene rings is 1. The van der Waals surface area contributed by atoms with Gasteiger partial charge in [0.1, 0.15) is 0 Å². The van der Waals surface area contributed by atoms with Crippen LogP contribution in [0.5, 0.6) is 0 Å². The average molecular weight is 227 g/mol. The second kappa shape index (κ2) is 4.89. The van der Waals surface area contributed by atoms with Crippen molar-refractivity contribution in [2.45, 2.75) is 19.3 Å². The molecule has 1 fully saturated rings. The van der Waals surface area contributed by atoms with Crippen LogP contribution >= 0.6 is 0 Å². The maximum Gasteiger partial charge on any atom is 0.159 e. The Hall–Kier alpha value is -1.00. The zero-order valence-corrected chi connectivity index (χ0v) is 9.00. The van der Waals surface area contributed by atoms with Gasteiger partial charge in [0, 0.05) is 13.1 Å². The van der Waals surface area contributed by atoms with E-state index in [-0.39, 0.29) is 0 Å². The molecule has 0 bridgehead atoms. The molecule has 88 valence electrons. The monoisotopic (exact) mass is 227 g/mol. The van der Waals surface area contributed by atoms with Gasteiger partial charge in [0.15, 0.2) is 11.6 Å². The van der Waals surface area contributed by atoms with E-state index in [4.69, 9.17) is 0 Å². The summed E-state index contributed by atoms with van der Waals surface area (Å²) in [6.07, 6.45) is 2.55. The third-order valence-corrected chi connectivity index (χ3v) is 3.10. The van der Waals surface area contributed by atoms with Gasteiger partial charge in [-0.05, 0) is 42.9 Å². The van der Waals surface area contributed by atoms with Gasteiger partial charge >= 0.3 is 0 Å². The second-order valence-corrected chi connectivity index (χ2v) is 4.35. The van der Waals surface area contributed by atoms with E-state index in [1.165, 1.54) is 17.2 Å². The highest BCUT2D eigenvalue weighted by molar-refractivity contribution is 5.18. The van der Waals surface area contributed by atoms with Crippen LogP contribution in [-0.2, 0) is 6.42 Å². The van der Waals surface area contributed by atoms with Gasteiger partial charge in [0.25, 0.3) is 0 Å². The molecule has 0 spiro atoms. The first kappa shape index (κ1) is 11.5. The van der Waals surface area contributed by atoms with Gasteiger partial charge < -0.3 is 5.21 Å². The number of piperidine rings is 1. The maximum atomic E-state index is 13.0. The molecule has 0 radical (unpaired) electrons. The standard InChI is InChI=1S/C12H15F2NO/c13-11-2-1-10(8-12(11)14)7-9-3-5-15(16)6-4-9/h1-2,8-9,16H,3-7H2. The van der Waals surface area contributed by atoms with Crippen molar-refractivity contribution >= 4 is 0 Å². The Kier molecular flexibility index (Phi) is 3.51. The van der Waals surface area contributed by atoms with Crippen LogP contribution in [0.2, 0.25) is 0 Å². The molecule has 0 atom stereocenters. The highest BCUT2D eigenvalue weighted by Gasteiger charge is 2.18. The van der Waals surface area contributed by atoms with E-state index in [0.717, 1.165) is 24.8 Å². The van der Waals surface area contributed by atoms with E-state index >= 15 is 0 Å². The van der Waals surface area contributed by atoms with Crippen molar-refractivity contribution in [3.8, 4) is 0 Å². The molecule has 1 N–H and O–H groups in total. The smallest absolute Gasteiger partial charge is 0.159 e. The van der Waals surface area contributed by atoms with Gasteiger partial charge in [-0.3, -0.25) is 0 Å². The summed E-state index contributed by atoms with van der Waals surface area (Å²) >= 11 is 0. The first-order chi connectivity index (χ1) is 7.65. The van der Waals surface area contributed by atoms with E-state index in [1.54, 1.807) is 6.07 Å². The molecule has 1 aromatic rings. The van der Waals surface area contributed by atoms with Crippen LogP contribution in [0.25, 0.3) is 0 Å². The van der Waals surface area contributed by atoms with E-state index in [9.17, 15) is 14.0 Å². The highest BCUT2D eigenvalue weighted by Crippen LogP contribution is 2.21. The summed E-state index contributed by atoms with van der Waals surface area (Å²) in [5.74, 6) is -1.13. The maximum absolute atomic E-state index is 13.0. The Balaban J connectivity index is 1.96. The summed E-state index contributed by atoms with van der Waals surface area (Å²) in [6, 6.07) is 4.07. The molecule has 0 unspecified atom stereocenters. The number of nitrogens with zero attached hydrogens (tertiary/aromatic N) is 1. The third kappa shape index (κ3) is 2.77. The zero-order chi connectivity index (χ0) is 11.5. The number of hydrogen-bond donors (Lipinski definition) is 1. The summed E-state index contributed by atoms with van der Waals surface area (Å²) in [6.45, 7) is 1.32. The fraction of sp³-hybridized carbons (Fsp3) is 0.500. The predicted octanol–water partition coefficient (Wildman–Crippen LogP) is 2.61. The van der Waals surface area contributed by atoms with Crippen LogP contribution in [0.1, 0.15) is 18.4 Å². The normalized spacial score (nSPS) is 18.9. The molecule has 16 heavy (non-hydrogen) atoms. The molecule has 4 heteroatoms. The zero-order valence-electron chi connectivity index (χ0n) is 9.00. The van der Waals surface area contributed by atoms with Crippen molar-refractivity contribution in [2.75, 3.05) is 13.1 Å². The van der Waals surface area contributed by atoms with Gasteiger partial charge in [-0.1, -0.05) is 6.07 Å². The molecule has 2 rings (SSSR count). The van der Waals surface area contributed by atoms with Gasteiger partial charge in [-0.2, -0.15) is 5.06 Å². The van der Waals surface area contributed by atoms with Gasteiger partial charge in [0.2, 0.25) is 0 Å². The number of hydrogen-bond acceptors (Lipinski definition) is 2. The SMILES string of the molecule is ON1CCC(Cc2ccc(F)c(F)c2)CC1. The van der Waals surface area contributed by atoms with Crippen LogP contribution in [0.15, 0.2) is 18.2 Å². The second-order valence-electron chi connectivity index (χ2n) is 4.35. The van der Waals surface area contributed by atoms with Crippen molar-refractivity contribution < 1.29 is 14.0 Å². The molecule has 1 heterocycles.